The van der Waals surface area contributed by atoms with Crippen LogP contribution >= 0.6 is 0 Å². The molecule has 0 unspecified atom stereocenters. The van der Waals surface area contributed by atoms with Gasteiger partial charge in [0.1, 0.15) is 6.04 Å². The number of hydrogen-bond acceptors (Lipinski definition) is 6. The van der Waals surface area contributed by atoms with Crippen LogP contribution in [0.1, 0.15) is 77.8 Å². The summed E-state index contributed by atoms with van der Waals surface area (Å²) in [6.45, 7) is 11.9. The fourth-order valence-electron chi connectivity index (χ4n) is 6.67. The molecule has 1 saturated heterocycles. The van der Waals surface area contributed by atoms with Gasteiger partial charge in [-0.1, -0.05) is 43.0 Å². The van der Waals surface area contributed by atoms with E-state index >= 15 is 0 Å². The van der Waals surface area contributed by atoms with Crippen molar-refractivity contribution in [2.24, 2.45) is 0 Å². The highest BCUT2D eigenvalue weighted by atomic mass is 16.1. The Bertz CT molecular complexity index is 1540. The molecule has 39 heavy (non-hydrogen) atoms. The van der Waals surface area contributed by atoms with Crippen LogP contribution in [0.2, 0.25) is 0 Å². The third kappa shape index (κ3) is 4.86. The quantitative estimate of drug-likeness (QED) is 0.387. The Morgan fingerprint density at radius 2 is 1.69 bits per heavy atom. The number of aromatic nitrogens is 5. The highest BCUT2D eigenvalue weighted by Gasteiger charge is 2.34. The Labute approximate surface area is 230 Å². The maximum Gasteiger partial charge on any atom is 0.253 e. The van der Waals surface area contributed by atoms with Crippen molar-refractivity contribution < 1.29 is 0 Å². The van der Waals surface area contributed by atoms with E-state index < -0.39 is 0 Å². The van der Waals surface area contributed by atoms with E-state index in [1.807, 2.05) is 4.68 Å². The smallest absolute Gasteiger partial charge is 0.253 e. The molecule has 4 aromatic rings. The third-order valence-electron chi connectivity index (χ3n) is 8.90. The van der Waals surface area contributed by atoms with Crippen molar-refractivity contribution in [1.29, 1.82) is 0 Å². The second kappa shape index (κ2) is 10.6. The monoisotopic (exact) mass is 525 g/mol. The molecule has 2 fully saturated rings. The van der Waals surface area contributed by atoms with Gasteiger partial charge in [0.15, 0.2) is 5.82 Å². The molecule has 1 atom stereocenters. The van der Waals surface area contributed by atoms with Crippen LogP contribution < -0.4 is 10.5 Å². The number of fused-ring (bicyclic) bond motifs is 1. The van der Waals surface area contributed by atoms with Crippen LogP contribution in [-0.4, -0.2) is 56.3 Å². The number of nitrogens with one attached hydrogen (secondary N) is 1. The van der Waals surface area contributed by atoms with E-state index in [1.54, 1.807) is 0 Å². The van der Waals surface area contributed by atoms with Gasteiger partial charge in [-0.05, 0) is 91.2 Å². The molecule has 2 aliphatic rings. The Morgan fingerprint density at radius 3 is 2.46 bits per heavy atom. The average Bonchev–Trinajstić information content (AvgIpc) is 3.42. The van der Waals surface area contributed by atoms with Gasteiger partial charge in [-0.15, -0.1) is 5.10 Å². The Hall–Kier alpha value is -3.52. The molecule has 6 rings (SSSR count). The minimum Gasteiger partial charge on any atom is -0.369 e. The highest BCUT2D eigenvalue weighted by molar-refractivity contribution is 5.83. The number of H-pyrrole nitrogens is 1. The van der Waals surface area contributed by atoms with E-state index in [-0.39, 0.29) is 17.6 Å². The first-order valence-corrected chi connectivity index (χ1v) is 14.4. The number of benzene rings is 2. The standard InChI is InChI=1S/C31H39N7O/c1-20-17-22(3)28-24(18-20)19-26(31(39)32-28)29(30-33-34-35-38(30)25-10-6-5-7-11-25)37-15-13-36(14-16-37)27-12-8-9-21(2)23(27)4/h8-9,12,17-19,25,29H,5-7,10-11,13-16H2,1-4H3,(H,32,39)/t29-/m1/s1. The van der Waals surface area contributed by atoms with Gasteiger partial charge in [0.2, 0.25) is 0 Å². The summed E-state index contributed by atoms with van der Waals surface area (Å²) in [5.41, 5.74) is 7.78. The lowest BCUT2D eigenvalue weighted by Gasteiger charge is -2.40. The van der Waals surface area contributed by atoms with Gasteiger partial charge < -0.3 is 9.88 Å². The van der Waals surface area contributed by atoms with Crippen LogP contribution in [0, 0.1) is 27.7 Å². The lowest BCUT2D eigenvalue weighted by molar-refractivity contribution is 0.192. The van der Waals surface area contributed by atoms with E-state index in [9.17, 15) is 4.79 Å². The molecule has 0 amide bonds. The van der Waals surface area contributed by atoms with Crippen molar-refractivity contribution >= 4 is 16.6 Å². The summed E-state index contributed by atoms with van der Waals surface area (Å²) in [7, 11) is 0. The molecule has 2 aromatic heterocycles. The molecule has 1 aliphatic heterocycles. The van der Waals surface area contributed by atoms with Crippen LogP contribution in [0.25, 0.3) is 10.9 Å². The topological polar surface area (TPSA) is 82.9 Å². The third-order valence-corrected chi connectivity index (χ3v) is 8.90. The lowest BCUT2D eigenvalue weighted by atomic mass is 9.94. The molecule has 204 valence electrons. The fraction of sp³-hybridized carbons (Fsp3) is 0.484. The van der Waals surface area contributed by atoms with Crippen molar-refractivity contribution in [2.75, 3.05) is 31.1 Å². The SMILES string of the molecule is Cc1cc(C)c2[nH]c(=O)c([C@H](c3nnnn3C3CCCCC3)N3CCN(c4cccc(C)c4C)CC3)cc2c1. The molecule has 2 aromatic carbocycles. The number of nitrogens with zero attached hydrogens (tertiary/aromatic N) is 6. The summed E-state index contributed by atoms with van der Waals surface area (Å²) in [6, 6.07) is 12.9. The van der Waals surface area contributed by atoms with Gasteiger partial charge in [-0.3, -0.25) is 9.69 Å². The van der Waals surface area contributed by atoms with Crippen LogP contribution in [0.5, 0.6) is 0 Å². The minimum absolute atomic E-state index is 0.0606. The number of hydrogen-bond donors (Lipinski definition) is 1. The molecular weight excluding hydrogens is 486 g/mol. The Kier molecular flexibility index (Phi) is 6.97. The van der Waals surface area contributed by atoms with Crippen LogP contribution in [0.15, 0.2) is 41.2 Å². The van der Waals surface area contributed by atoms with Crippen molar-refractivity contribution in [2.45, 2.75) is 71.9 Å². The summed E-state index contributed by atoms with van der Waals surface area (Å²) < 4.78 is 2.03. The van der Waals surface area contributed by atoms with Gasteiger partial charge in [0.05, 0.1) is 11.6 Å². The fourth-order valence-corrected chi connectivity index (χ4v) is 6.67. The van der Waals surface area contributed by atoms with E-state index in [2.05, 4.69) is 94.4 Å². The Balaban J connectivity index is 1.40. The zero-order chi connectivity index (χ0) is 27.1. The summed E-state index contributed by atoms with van der Waals surface area (Å²) in [5, 5.41) is 14.3. The average molecular weight is 526 g/mol. The predicted octanol–water partition coefficient (Wildman–Crippen LogP) is 5.17. The van der Waals surface area contributed by atoms with E-state index in [0.29, 0.717) is 0 Å². The summed E-state index contributed by atoms with van der Waals surface area (Å²) >= 11 is 0. The molecule has 1 saturated carbocycles. The van der Waals surface area contributed by atoms with Crippen LogP contribution in [-0.2, 0) is 0 Å². The largest absolute Gasteiger partial charge is 0.369 e. The maximum absolute atomic E-state index is 13.7. The van der Waals surface area contributed by atoms with Crippen molar-refractivity contribution in [1.82, 2.24) is 30.1 Å². The number of piperazine rings is 1. The number of rotatable bonds is 5. The normalized spacial score (nSPS) is 18.1. The Morgan fingerprint density at radius 1 is 0.923 bits per heavy atom. The van der Waals surface area contributed by atoms with Crippen LogP contribution in [0.3, 0.4) is 0 Å². The second-order valence-electron chi connectivity index (χ2n) is 11.5. The zero-order valence-electron chi connectivity index (χ0n) is 23.6. The first-order valence-electron chi connectivity index (χ1n) is 14.4. The van der Waals surface area contributed by atoms with Gasteiger partial charge in [-0.25, -0.2) is 4.68 Å². The zero-order valence-corrected chi connectivity index (χ0v) is 23.6. The lowest BCUT2D eigenvalue weighted by Crippen LogP contribution is -2.49. The molecule has 1 aliphatic carbocycles. The number of pyridine rings is 1. The molecular formula is C31H39N7O. The number of aromatic amines is 1. The first kappa shape index (κ1) is 25.7. The number of aryl methyl sites for hydroxylation is 3. The molecule has 0 spiro atoms. The van der Waals surface area contributed by atoms with Gasteiger partial charge in [0, 0.05) is 37.4 Å². The summed E-state index contributed by atoms with van der Waals surface area (Å²) in [6.07, 6.45) is 5.81. The summed E-state index contributed by atoms with van der Waals surface area (Å²) in [4.78, 5) is 21.8. The number of tetrazole rings is 1. The maximum atomic E-state index is 13.7. The summed E-state index contributed by atoms with van der Waals surface area (Å²) in [5.74, 6) is 0.788. The molecule has 1 N–H and O–H groups in total. The van der Waals surface area contributed by atoms with Gasteiger partial charge >= 0.3 is 0 Å². The van der Waals surface area contributed by atoms with E-state index in [4.69, 9.17) is 0 Å². The van der Waals surface area contributed by atoms with Gasteiger partial charge in [-0.2, -0.15) is 0 Å². The molecule has 3 heterocycles. The van der Waals surface area contributed by atoms with Gasteiger partial charge in [0.25, 0.3) is 5.56 Å². The minimum atomic E-state index is -0.309. The molecule has 0 radical (unpaired) electrons. The number of anilines is 1. The second-order valence-corrected chi connectivity index (χ2v) is 11.5. The van der Waals surface area contributed by atoms with E-state index in [0.717, 1.165) is 66.9 Å². The van der Waals surface area contributed by atoms with Crippen molar-refractivity contribution in [3.8, 4) is 0 Å². The van der Waals surface area contributed by atoms with Crippen molar-refractivity contribution in [3.63, 3.8) is 0 Å². The molecule has 8 heteroatoms. The molecule has 0 bridgehead atoms. The van der Waals surface area contributed by atoms with Crippen LogP contribution in [0.4, 0.5) is 5.69 Å². The van der Waals surface area contributed by atoms with E-state index in [1.165, 1.54) is 41.6 Å². The highest BCUT2D eigenvalue weighted by Crippen LogP contribution is 2.34. The van der Waals surface area contributed by atoms with Crippen molar-refractivity contribution in [3.05, 3.63) is 80.4 Å². The first-order chi connectivity index (χ1) is 18.9. The predicted molar refractivity (Wildman–Crippen MR) is 156 cm³/mol. The molecule has 8 nitrogen and oxygen atoms in total.